The van der Waals surface area contributed by atoms with Crippen molar-refractivity contribution in [3.05, 3.63) is 36.6 Å². The zero-order chi connectivity index (χ0) is 5.98. The molecule has 11 nitrogen and oxygen atoms in total. The molecule has 0 aromatic carbocycles. The molecule has 96 valence electrons. The Bertz CT molecular complexity index is 191. The average Bonchev–Trinajstić information content (AvgIpc) is 2.12. The third kappa shape index (κ3) is 15.9. The van der Waals surface area contributed by atoms with Gasteiger partial charge in [0, 0.05) is 0 Å². The number of amides is 1. The number of nitrogens with zero attached hydrogens (tertiary/aromatic N) is 4. The van der Waals surface area contributed by atoms with Crippen molar-refractivity contribution in [1.29, 1.82) is 0 Å². The second-order valence-electron chi connectivity index (χ2n) is 1.07. The second kappa shape index (κ2) is 23.2. The summed E-state index contributed by atoms with van der Waals surface area (Å²) in [6, 6.07) is 0. The fourth-order valence-corrected chi connectivity index (χ4v) is 0.243. The first-order valence-corrected chi connectivity index (χ1v) is 1.79. The van der Waals surface area contributed by atoms with Crippen LogP contribution in [-0.4, -0.2) is 21.3 Å². The maximum Gasteiger partial charge on any atom is 3.00 e. The Morgan fingerprint density at radius 3 is 1.67 bits per heavy atom. The third-order valence-electron chi connectivity index (χ3n) is 0.539. The van der Waals surface area contributed by atoms with Crippen molar-refractivity contribution in [2.45, 2.75) is 0 Å². The van der Waals surface area contributed by atoms with Gasteiger partial charge in [0.05, 0.1) is 0 Å². The summed E-state index contributed by atoms with van der Waals surface area (Å²) < 4.78 is 0. The first-order chi connectivity index (χ1) is 3.80. The molecule has 0 bridgehead atoms. The van der Waals surface area contributed by atoms with Crippen molar-refractivity contribution in [3.8, 4) is 0 Å². The molecule has 0 aliphatic carbocycles. The number of halogens is 1. The molecule has 0 aliphatic heterocycles. The first kappa shape index (κ1) is 47.9. The fraction of sp³-hybridized carbons (Fsp3) is 0. The van der Waals surface area contributed by atoms with Gasteiger partial charge < -0.3 is 54.0 Å². The Labute approximate surface area is 103 Å². The molecule has 0 unspecified atom stereocenters. The van der Waals surface area contributed by atoms with E-state index in [-0.39, 0.29) is 65.8 Å². The molecule has 15 heavy (non-hydrogen) atoms. The molecule has 0 radical (unpaired) electrons. The molecule has 0 saturated heterocycles. The van der Waals surface area contributed by atoms with Crippen molar-refractivity contribution in [3.63, 3.8) is 0 Å². The number of carbonyl (C=O) groups excluding carboxylic acids is 1. The van der Waals surface area contributed by atoms with Crippen LogP contribution in [0.3, 0.4) is 0 Å². The van der Waals surface area contributed by atoms with Crippen molar-refractivity contribution < 1.29 is 34.0 Å². The maximum absolute atomic E-state index is 10.1. The monoisotopic (exact) mass is 286 g/mol. The number of hydrogen-bond donors (Lipinski definition) is 1. The van der Waals surface area contributed by atoms with Crippen LogP contribution in [0.2, 0.25) is 0 Å². The number of carbonyl (C=O) groups is 1. The topological polar surface area (TPSA) is 263 Å². The number of tetrazole rings is 1. The van der Waals surface area contributed by atoms with E-state index in [9.17, 15) is 4.79 Å². The quantitative estimate of drug-likeness (QED) is 0.644. The van der Waals surface area contributed by atoms with E-state index >= 15 is 0 Å². The maximum atomic E-state index is 10.1. The van der Waals surface area contributed by atoms with E-state index in [1.165, 1.54) is 0 Å². The van der Waals surface area contributed by atoms with Crippen LogP contribution in [0, 0.1) is 0 Å². The van der Waals surface area contributed by atoms with Crippen LogP contribution in [-0.2, 0) is 16.8 Å². The van der Waals surface area contributed by atoms with Gasteiger partial charge in [0.15, 0.2) is 0 Å². The molecule has 13 heteroatoms. The average molecular weight is 287 g/mol. The number of hydrogen-bond acceptors (Lipinski definition) is 4. The van der Waals surface area contributed by atoms with E-state index in [2.05, 4.69) is 20.6 Å². The van der Waals surface area contributed by atoms with Crippen LogP contribution in [0.5, 0.6) is 0 Å². The molecular formula is C2H12ClCoN10O-4. The van der Waals surface area contributed by atoms with Gasteiger partial charge in [-0.15, -0.1) is 0 Å². The summed E-state index contributed by atoms with van der Waals surface area (Å²) >= 11 is 0. The molecule has 0 aliphatic rings. The second-order valence-corrected chi connectivity index (χ2v) is 1.07. The van der Waals surface area contributed by atoms with Crippen LogP contribution in [0.15, 0.2) is 0 Å². The number of nitrogens with two attached hydrogens (primary N) is 6. The zero-order valence-corrected chi connectivity index (χ0v) is 9.17. The van der Waals surface area contributed by atoms with Gasteiger partial charge in [0.2, 0.25) is 0 Å². The third-order valence-corrected chi connectivity index (χ3v) is 0.539. The molecule has 12 N–H and O–H groups in total. The van der Waals surface area contributed by atoms with Gasteiger partial charge in [-0.25, -0.2) is 5.10 Å². The summed E-state index contributed by atoms with van der Waals surface area (Å²) in [6.07, 6.45) is 0. The summed E-state index contributed by atoms with van der Waals surface area (Å²) in [5.41, 5.74) is 4.71. The number of aromatic nitrogens is 4. The molecule has 1 rings (SSSR count). The summed E-state index contributed by atoms with van der Waals surface area (Å²) in [5, 5.41) is 12.4. The molecule has 1 aromatic heterocycles. The Hall–Kier alpha value is -0.864. The van der Waals surface area contributed by atoms with Gasteiger partial charge in [-0.1, -0.05) is 0 Å². The minimum atomic E-state index is -0.713. The van der Waals surface area contributed by atoms with Crippen LogP contribution < -0.4 is 23.4 Å². The molecular weight excluding hydrogens is 274 g/mol. The van der Waals surface area contributed by atoms with E-state index in [0.29, 0.717) is 0 Å². The van der Waals surface area contributed by atoms with Crippen molar-refractivity contribution in [2.24, 2.45) is 5.73 Å². The van der Waals surface area contributed by atoms with Gasteiger partial charge in [-0.3, -0.25) is 15.2 Å². The van der Waals surface area contributed by atoms with Gasteiger partial charge >= 0.3 is 16.8 Å². The number of primary amides is 1. The largest absolute Gasteiger partial charge is 3.00 e. The summed E-state index contributed by atoms with van der Waals surface area (Å²) in [6.45, 7) is 0. The van der Waals surface area contributed by atoms with E-state index in [0.717, 1.165) is 0 Å². The summed E-state index contributed by atoms with van der Waals surface area (Å²) in [5.74, 6) is -0.861. The Kier molecular flexibility index (Phi) is 74.0. The SMILES string of the molecule is NC(=O)c1nn[n-]n1.[Cl-].[Co+3].[NH2-].[NH2-].[NH2-].[NH2-].[NH2-]. The Morgan fingerprint density at radius 1 is 1.13 bits per heavy atom. The first-order valence-electron chi connectivity index (χ1n) is 1.79. The molecule has 1 aromatic rings. The molecule has 0 saturated carbocycles. The molecule has 0 atom stereocenters. The smallest absolute Gasteiger partial charge is 1.00 e. The normalized spacial score (nSPS) is 4.80. The van der Waals surface area contributed by atoms with Crippen molar-refractivity contribution in [2.75, 3.05) is 0 Å². The van der Waals surface area contributed by atoms with Gasteiger partial charge in [0.25, 0.3) is 5.91 Å². The van der Waals surface area contributed by atoms with Crippen LogP contribution in [0.1, 0.15) is 10.6 Å². The Morgan fingerprint density at radius 2 is 1.53 bits per heavy atom. The van der Waals surface area contributed by atoms with E-state index in [1.807, 2.05) is 0 Å². The standard InChI is InChI=1S/C2H3N5O.ClH.Co.5H2N/c3-1(8)2-4-6-7-5-2;;;;;;;/h(H3,3,4,5,6,7,8);1H;;5*1H2/q;;+3;5*-1/p-2. The minimum Gasteiger partial charge on any atom is -1.00 e. The molecule has 1 amide bonds. The van der Waals surface area contributed by atoms with Crippen LogP contribution in [0.25, 0.3) is 30.8 Å². The fourth-order valence-electron chi connectivity index (χ4n) is 0.243. The van der Waals surface area contributed by atoms with Gasteiger partial charge in [0.1, 0.15) is 5.82 Å². The zero-order valence-electron chi connectivity index (χ0n) is 7.37. The molecule has 0 spiro atoms. The van der Waals surface area contributed by atoms with Crippen molar-refractivity contribution in [1.82, 2.24) is 20.6 Å². The van der Waals surface area contributed by atoms with E-state index in [1.54, 1.807) is 0 Å². The minimum absolute atomic E-state index is 0. The predicted molar refractivity (Wildman–Crippen MR) is 48.1 cm³/mol. The van der Waals surface area contributed by atoms with Crippen LogP contribution >= 0.6 is 0 Å². The Balaban J connectivity index is -0.0000000183. The van der Waals surface area contributed by atoms with Crippen LogP contribution in [0.4, 0.5) is 0 Å². The van der Waals surface area contributed by atoms with Crippen molar-refractivity contribution >= 4 is 5.91 Å². The van der Waals surface area contributed by atoms with Gasteiger partial charge in [-0.05, 0) is 0 Å². The summed E-state index contributed by atoms with van der Waals surface area (Å²) in [4.78, 5) is 10.1. The van der Waals surface area contributed by atoms with E-state index < -0.39 is 5.91 Å². The van der Waals surface area contributed by atoms with E-state index in [4.69, 9.17) is 5.73 Å². The molecule has 0 fully saturated rings. The summed E-state index contributed by atoms with van der Waals surface area (Å²) in [7, 11) is 0. The number of rotatable bonds is 1. The molecule has 1 heterocycles. The predicted octanol–water partition coefficient (Wildman–Crippen LogP) is -1.49. The van der Waals surface area contributed by atoms with Gasteiger partial charge in [-0.2, -0.15) is 0 Å².